The van der Waals surface area contributed by atoms with Crippen molar-refractivity contribution in [2.45, 2.75) is 64.5 Å². The highest BCUT2D eigenvalue weighted by atomic mass is 15.3. The predicted molar refractivity (Wildman–Crippen MR) is 71.2 cm³/mol. The van der Waals surface area contributed by atoms with Crippen LogP contribution in [-0.2, 0) is 0 Å². The van der Waals surface area contributed by atoms with Crippen molar-refractivity contribution in [1.29, 1.82) is 0 Å². The summed E-state index contributed by atoms with van der Waals surface area (Å²) in [5, 5.41) is 8.27. The topological polar surface area (TPSA) is 29.9 Å². The van der Waals surface area contributed by atoms with Crippen LogP contribution in [0.4, 0.5) is 0 Å². The largest absolute Gasteiger partial charge is 0.312 e. The summed E-state index contributed by atoms with van der Waals surface area (Å²) in [5.41, 5.74) is 1.13. The summed E-state index contributed by atoms with van der Waals surface area (Å²) in [7, 11) is 0. The normalized spacial score (nSPS) is 26.5. The van der Waals surface area contributed by atoms with Crippen LogP contribution >= 0.6 is 0 Å². The van der Waals surface area contributed by atoms with Crippen molar-refractivity contribution in [2.24, 2.45) is 0 Å². The van der Waals surface area contributed by atoms with E-state index in [0.29, 0.717) is 12.1 Å². The lowest BCUT2D eigenvalue weighted by Crippen LogP contribution is -2.38. The second kappa shape index (κ2) is 6.20. The van der Waals surface area contributed by atoms with E-state index in [1.54, 1.807) is 0 Å². The summed E-state index contributed by atoms with van der Waals surface area (Å²) in [5.74, 6) is 0. The number of nitrogens with one attached hydrogen (secondary N) is 1. The van der Waals surface area contributed by atoms with E-state index in [-0.39, 0.29) is 0 Å². The minimum absolute atomic E-state index is 0.545. The lowest BCUT2D eigenvalue weighted by molar-refractivity contribution is 0.269. The number of rotatable bonds is 3. The van der Waals surface area contributed by atoms with Gasteiger partial charge >= 0.3 is 0 Å². The van der Waals surface area contributed by atoms with Gasteiger partial charge in [0.1, 0.15) is 0 Å². The molecule has 0 amide bonds. The first kappa shape index (κ1) is 12.6. The molecule has 1 N–H and O–H groups in total. The summed E-state index contributed by atoms with van der Waals surface area (Å²) in [6, 6.07) is 3.26. The molecular weight excluding hydrogens is 210 g/mol. The van der Waals surface area contributed by atoms with Crippen LogP contribution in [0.1, 0.15) is 57.2 Å². The van der Waals surface area contributed by atoms with Gasteiger partial charge in [-0.25, -0.2) is 0 Å². The van der Waals surface area contributed by atoms with Gasteiger partial charge in [-0.3, -0.25) is 4.68 Å². The van der Waals surface area contributed by atoms with Gasteiger partial charge in [0.15, 0.2) is 0 Å². The smallest absolute Gasteiger partial charge is 0.0672 e. The first-order valence-electron chi connectivity index (χ1n) is 7.06. The number of nitrogens with zero attached hydrogens (tertiary/aromatic N) is 2. The van der Waals surface area contributed by atoms with Crippen molar-refractivity contribution >= 4 is 0 Å². The summed E-state index contributed by atoms with van der Waals surface area (Å²) >= 11 is 0. The van der Waals surface area contributed by atoms with Crippen molar-refractivity contribution in [3.05, 3.63) is 18.0 Å². The highest BCUT2D eigenvalue weighted by Gasteiger charge is 2.23. The Morgan fingerprint density at radius 1 is 1.29 bits per heavy atom. The van der Waals surface area contributed by atoms with Crippen LogP contribution in [0.2, 0.25) is 0 Å². The monoisotopic (exact) mass is 235 g/mol. The quantitative estimate of drug-likeness (QED) is 0.872. The van der Waals surface area contributed by atoms with Crippen LogP contribution in [0, 0.1) is 6.92 Å². The Balaban J connectivity index is 2.12. The molecule has 3 heteroatoms. The average molecular weight is 235 g/mol. The summed E-state index contributed by atoms with van der Waals surface area (Å²) in [4.78, 5) is 0. The van der Waals surface area contributed by atoms with Crippen molar-refractivity contribution in [2.75, 3.05) is 6.54 Å². The van der Waals surface area contributed by atoms with Crippen LogP contribution in [0.25, 0.3) is 0 Å². The molecule has 0 bridgehead atoms. The maximum Gasteiger partial charge on any atom is 0.0672 e. The zero-order valence-corrected chi connectivity index (χ0v) is 11.2. The van der Waals surface area contributed by atoms with Gasteiger partial charge < -0.3 is 5.32 Å². The molecule has 2 atom stereocenters. The van der Waals surface area contributed by atoms with Crippen LogP contribution in [0.5, 0.6) is 0 Å². The summed E-state index contributed by atoms with van der Waals surface area (Å²) in [6.07, 6.45) is 10.2. The molecule has 2 unspecified atom stereocenters. The van der Waals surface area contributed by atoms with Gasteiger partial charge in [-0.05, 0) is 32.4 Å². The fourth-order valence-corrected chi connectivity index (χ4v) is 2.90. The van der Waals surface area contributed by atoms with Crippen molar-refractivity contribution in [1.82, 2.24) is 15.1 Å². The third kappa shape index (κ3) is 3.32. The molecule has 96 valence electrons. The lowest BCUT2D eigenvalue weighted by Gasteiger charge is -2.30. The highest BCUT2D eigenvalue weighted by molar-refractivity contribution is 4.97. The molecule has 1 aliphatic carbocycles. The van der Waals surface area contributed by atoms with Crippen molar-refractivity contribution < 1.29 is 0 Å². The van der Waals surface area contributed by atoms with Gasteiger partial charge in [-0.2, -0.15) is 5.10 Å². The maximum absolute atomic E-state index is 4.62. The summed E-state index contributed by atoms with van der Waals surface area (Å²) < 4.78 is 2.19. The molecule has 3 nitrogen and oxygen atoms in total. The predicted octanol–water partition coefficient (Wildman–Crippen LogP) is 3.06. The second-order valence-corrected chi connectivity index (χ2v) is 5.16. The van der Waals surface area contributed by atoms with Gasteiger partial charge in [0.05, 0.1) is 11.7 Å². The fraction of sp³-hybridized carbons (Fsp3) is 0.786. The Morgan fingerprint density at radius 2 is 2.06 bits per heavy atom. The number of hydrogen-bond donors (Lipinski definition) is 1. The Bertz CT molecular complexity index is 332. The van der Waals surface area contributed by atoms with E-state index < -0.39 is 0 Å². The van der Waals surface area contributed by atoms with Crippen LogP contribution < -0.4 is 5.32 Å². The Hall–Kier alpha value is -0.830. The van der Waals surface area contributed by atoms with Crippen LogP contribution in [0.15, 0.2) is 12.3 Å². The van der Waals surface area contributed by atoms with E-state index in [4.69, 9.17) is 0 Å². The molecule has 1 aromatic rings. The number of likely N-dealkylation sites (N-methyl/N-ethyl adjacent to an activating group) is 1. The van der Waals surface area contributed by atoms with Gasteiger partial charge in [-0.1, -0.05) is 32.6 Å². The molecule has 0 spiro atoms. The molecule has 2 rings (SSSR count). The average Bonchev–Trinajstić information content (AvgIpc) is 2.69. The number of hydrogen-bond acceptors (Lipinski definition) is 2. The standard InChI is InChI=1S/C14H25N3/c1-3-15-13-8-6-4-5-7-9-14(13)17-11-10-12(2)16-17/h10-11,13-15H,3-9H2,1-2H3. The molecule has 0 radical (unpaired) electrons. The fourth-order valence-electron chi connectivity index (χ4n) is 2.90. The van der Waals surface area contributed by atoms with E-state index in [1.165, 1.54) is 38.5 Å². The zero-order chi connectivity index (χ0) is 12.1. The third-order valence-electron chi connectivity index (χ3n) is 3.78. The first-order chi connectivity index (χ1) is 8.31. The first-order valence-corrected chi connectivity index (χ1v) is 7.06. The zero-order valence-electron chi connectivity index (χ0n) is 11.2. The molecule has 1 aromatic heterocycles. The molecule has 1 saturated carbocycles. The van der Waals surface area contributed by atoms with Crippen LogP contribution in [-0.4, -0.2) is 22.4 Å². The molecular formula is C14H25N3. The van der Waals surface area contributed by atoms with E-state index >= 15 is 0 Å². The summed E-state index contributed by atoms with van der Waals surface area (Å²) in [6.45, 7) is 5.33. The van der Waals surface area contributed by atoms with Crippen molar-refractivity contribution in [3.63, 3.8) is 0 Å². The number of aryl methyl sites for hydroxylation is 1. The third-order valence-corrected chi connectivity index (χ3v) is 3.78. The van der Waals surface area contributed by atoms with E-state index in [2.05, 4.69) is 41.2 Å². The Kier molecular flexibility index (Phi) is 4.60. The Morgan fingerprint density at radius 3 is 2.71 bits per heavy atom. The molecule has 1 fully saturated rings. The van der Waals surface area contributed by atoms with Gasteiger partial charge in [0, 0.05) is 12.2 Å². The minimum atomic E-state index is 0.545. The number of aromatic nitrogens is 2. The highest BCUT2D eigenvalue weighted by Crippen LogP contribution is 2.26. The van der Waals surface area contributed by atoms with Crippen molar-refractivity contribution in [3.8, 4) is 0 Å². The maximum atomic E-state index is 4.62. The van der Waals surface area contributed by atoms with E-state index in [0.717, 1.165) is 12.2 Å². The van der Waals surface area contributed by atoms with E-state index in [1.807, 2.05) is 0 Å². The van der Waals surface area contributed by atoms with Gasteiger partial charge in [-0.15, -0.1) is 0 Å². The van der Waals surface area contributed by atoms with Gasteiger partial charge in [0.2, 0.25) is 0 Å². The SMILES string of the molecule is CCNC1CCCCCCC1n1ccc(C)n1. The molecule has 0 aromatic carbocycles. The molecule has 1 heterocycles. The minimum Gasteiger partial charge on any atom is -0.312 e. The van der Waals surface area contributed by atoms with Crippen LogP contribution in [0.3, 0.4) is 0 Å². The van der Waals surface area contributed by atoms with Gasteiger partial charge in [0.25, 0.3) is 0 Å². The molecule has 0 saturated heterocycles. The molecule has 0 aliphatic heterocycles. The molecule has 17 heavy (non-hydrogen) atoms. The second-order valence-electron chi connectivity index (χ2n) is 5.16. The Labute approximate surface area is 105 Å². The molecule has 1 aliphatic rings. The lowest BCUT2D eigenvalue weighted by atomic mass is 9.92. The van der Waals surface area contributed by atoms with E-state index in [9.17, 15) is 0 Å².